The zero-order chi connectivity index (χ0) is 18.9. The van der Waals surface area contributed by atoms with Crippen molar-refractivity contribution in [3.8, 4) is 11.5 Å². The van der Waals surface area contributed by atoms with Gasteiger partial charge in [0, 0.05) is 39.8 Å². The molecule has 2 N–H and O–H groups in total. The molecule has 0 aliphatic rings. The van der Waals surface area contributed by atoms with Crippen LogP contribution in [-0.2, 0) is 9.47 Å². The molecular weight excluding hydrogens is 334 g/mol. The Labute approximate surface area is 157 Å². The van der Waals surface area contributed by atoms with E-state index in [2.05, 4.69) is 22.5 Å². The van der Waals surface area contributed by atoms with E-state index in [9.17, 15) is 0 Å². The van der Waals surface area contributed by atoms with Gasteiger partial charge in [0.1, 0.15) is 11.5 Å². The monoisotopic (exact) mass is 367 g/mol. The lowest BCUT2D eigenvalue weighted by molar-refractivity contribution is 0.0698. The van der Waals surface area contributed by atoms with Crippen molar-refractivity contribution in [1.82, 2.24) is 10.6 Å². The van der Waals surface area contributed by atoms with Crippen molar-refractivity contribution >= 4 is 5.96 Å². The maximum atomic E-state index is 5.70. The third-order valence-electron chi connectivity index (χ3n) is 3.43. The summed E-state index contributed by atoms with van der Waals surface area (Å²) in [5, 5.41) is 6.54. The maximum Gasteiger partial charge on any atom is 0.191 e. The fourth-order valence-corrected chi connectivity index (χ4v) is 2.08. The Bertz CT molecular complexity index is 480. The second kappa shape index (κ2) is 15.3. The highest BCUT2D eigenvalue weighted by atomic mass is 16.5. The van der Waals surface area contributed by atoms with Gasteiger partial charge in [0.05, 0.1) is 26.9 Å². The van der Waals surface area contributed by atoms with Crippen molar-refractivity contribution in [2.75, 3.05) is 60.3 Å². The number of benzene rings is 1. The summed E-state index contributed by atoms with van der Waals surface area (Å²) < 4.78 is 21.2. The Hall–Kier alpha value is -1.99. The summed E-state index contributed by atoms with van der Waals surface area (Å²) in [5.41, 5.74) is 0. The summed E-state index contributed by atoms with van der Waals surface area (Å²) in [6, 6.07) is 7.59. The van der Waals surface area contributed by atoms with Gasteiger partial charge >= 0.3 is 0 Å². The molecule has 0 radical (unpaired) electrons. The largest absolute Gasteiger partial charge is 0.497 e. The molecule has 0 spiro atoms. The van der Waals surface area contributed by atoms with Gasteiger partial charge in [-0.15, -0.1) is 0 Å². The molecule has 0 saturated carbocycles. The van der Waals surface area contributed by atoms with E-state index in [4.69, 9.17) is 18.9 Å². The Morgan fingerprint density at radius 2 is 1.69 bits per heavy atom. The Morgan fingerprint density at radius 1 is 0.923 bits per heavy atom. The van der Waals surface area contributed by atoms with E-state index in [0.29, 0.717) is 33.0 Å². The highest BCUT2D eigenvalue weighted by Gasteiger charge is 1.98. The van der Waals surface area contributed by atoms with Crippen molar-refractivity contribution in [3.05, 3.63) is 24.3 Å². The number of nitrogens with zero attached hydrogens (tertiary/aromatic N) is 1. The molecule has 1 aromatic rings. The summed E-state index contributed by atoms with van der Waals surface area (Å²) in [5.74, 6) is 2.49. The van der Waals surface area contributed by atoms with Crippen LogP contribution in [0.5, 0.6) is 11.5 Å². The minimum atomic E-state index is 0.628. The molecule has 148 valence electrons. The van der Waals surface area contributed by atoms with Gasteiger partial charge in [-0.1, -0.05) is 0 Å². The van der Waals surface area contributed by atoms with E-state index >= 15 is 0 Å². The molecule has 0 unspecified atom stereocenters. The fraction of sp³-hybridized carbons (Fsp3) is 0.632. The van der Waals surface area contributed by atoms with Crippen LogP contribution in [0, 0.1) is 0 Å². The average Bonchev–Trinajstić information content (AvgIpc) is 2.67. The SMILES string of the molecule is CCNC(=NCCCOc1ccc(OC)cc1)NCCCOCCOC. The van der Waals surface area contributed by atoms with Gasteiger partial charge in [-0.25, -0.2) is 0 Å². The number of ether oxygens (including phenoxy) is 4. The van der Waals surface area contributed by atoms with Gasteiger partial charge in [0.15, 0.2) is 5.96 Å². The molecule has 0 saturated heterocycles. The number of aliphatic imine (C=N–C) groups is 1. The zero-order valence-electron chi connectivity index (χ0n) is 16.3. The third-order valence-corrected chi connectivity index (χ3v) is 3.43. The first-order valence-electron chi connectivity index (χ1n) is 9.15. The molecule has 0 atom stereocenters. The predicted molar refractivity (Wildman–Crippen MR) is 104 cm³/mol. The topological polar surface area (TPSA) is 73.3 Å². The fourth-order valence-electron chi connectivity index (χ4n) is 2.08. The number of hydrogen-bond donors (Lipinski definition) is 2. The van der Waals surface area contributed by atoms with Crippen LogP contribution < -0.4 is 20.1 Å². The van der Waals surface area contributed by atoms with Crippen LogP contribution in [0.4, 0.5) is 0 Å². The highest BCUT2D eigenvalue weighted by molar-refractivity contribution is 5.79. The van der Waals surface area contributed by atoms with Gasteiger partial charge in [-0.2, -0.15) is 0 Å². The first-order valence-corrected chi connectivity index (χ1v) is 9.15. The molecule has 1 aromatic carbocycles. The second-order valence-electron chi connectivity index (χ2n) is 5.52. The van der Waals surface area contributed by atoms with E-state index in [1.165, 1.54) is 0 Å². The van der Waals surface area contributed by atoms with Crippen LogP contribution in [0.3, 0.4) is 0 Å². The van der Waals surface area contributed by atoms with Crippen molar-refractivity contribution < 1.29 is 18.9 Å². The molecule has 0 aromatic heterocycles. The van der Waals surface area contributed by atoms with E-state index in [1.54, 1.807) is 14.2 Å². The van der Waals surface area contributed by atoms with Gasteiger partial charge < -0.3 is 29.6 Å². The molecule has 7 nitrogen and oxygen atoms in total. The van der Waals surface area contributed by atoms with Gasteiger partial charge in [0.2, 0.25) is 0 Å². The van der Waals surface area contributed by atoms with Crippen LogP contribution in [0.15, 0.2) is 29.3 Å². The standard InChI is InChI=1S/C19H33N3O4/c1-4-20-19(21-11-5-13-25-16-15-23-2)22-12-6-14-26-18-9-7-17(24-3)8-10-18/h7-10H,4-6,11-16H2,1-3H3,(H2,20,21,22). The molecule has 1 rings (SSSR count). The molecule has 0 aliphatic heterocycles. The summed E-state index contributed by atoms with van der Waals surface area (Å²) in [6.07, 6.45) is 1.78. The zero-order valence-corrected chi connectivity index (χ0v) is 16.3. The molecule has 0 amide bonds. The average molecular weight is 367 g/mol. The Balaban J connectivity index is 2.15. The minimum absolute atomic E-state index is 0.628. The van der Waals surface area contributed by atoms with Crippen molar-refractivity contribution in [2.45, 2.75) is 19.8 Å². The predicted octanol–water partition coefficient (Wildman–Crippen LogP) is 2.07. The van der Waals surface area contributed by atoms with E-state index in [0.717, 1.165) is 43.4 Å². The van der Waals surface area contributed by atoms with Crippen LogP contribution in [0.2, 0.25) is 0 Å². The Kier molecular flexibility index (Phi) is 13.0. The molecule has 7 heteroatoms. The highest BCUT2D eigenvalue weighted by Crippen LogP contribution is 2.16. The number of guanidine groups is 1. The van der Waals surface area contributed by atoms with Crippen molar-refractivity contribution in [3.63, 3.8) is 0 Å². The molecule has 0 heterocycles. The maximum absolute atomic E-state index is 5.70. The molecule has 0 aliphatic carbocycles. The Morgan fingerprint density at radius 3 is 2.38 bits per heavy atom. The molecule has 0 bridgehead atoms. The summed E-state index contributed by atoms with van der Waals surface area (Å²) in [7, 11) is 3.32. The first-order chi connectivity index (χ1) is 12.8. The van der Waals surface area contributed by atoms with Gasteiger partial charge in [-0.3, -0.25) is 4.99 Å². The van der Waals surface area contributed by atoms with Crippen molar-refractivity contribution in [1.29, 1.82) is 0 Å². The number of rotatable bonds is 14. The molecular formula is C19H33N3O4. The number of hydrogen-bond acceptors (Lipinski definition) is 5. The lowest BCUT2D eigenvalue weighted by atomic mass is 10.3. The van der Waals surface area contributed by atoms with Crippen LogP contribution in [-0.4, -0.2) is 66.2 Å². The minimum Gasteiger partial charge on any atom is -0.497 e. The molecule has 26 heavy (non-hydrogen) atoms. The van der Waals surface area contributed by atoms with Crippen LogP contribution >= 0.6 is 0 Å². The number of methoxy groups -OCH3 is 2. The van der Waals surface area contributed by atoms with Gasteiger partial charge in [0.25, 0.3) is 0 Å². The summed E-state index contributed by atoms with van der Waals surface area (Å²) in [6.45, 7) is 7.02. The van der Waals surface area contributed by atoms with E-state index in [-0.39, 0.29) is 0 Å². The van der Waals surface area contributed by atoms with Gasteiger partial charge in [-0.05, 0) is 37.6 Å². The smallest absolute Gasteiger partial charge is 0.191 e. The van der Waals surface area contributed by atoms with E-state index in [1.807, 2.05) is 24.3 Å². The van der Waals surface area contributed by atoms with Crippen LogP contribution in [0.1, 0.15) is 19.8 Å². The second-order valence-corrected chi connectivity index (χ2v) is 5.52. The van der Waals surface area contributed by atoms with Crippen LogP contribution in [0.25, 0.3) is 0 Å². The van der Waals surface area contributed by atoms with Crippen molar-refractivity contribution in [2.24, 2.45) is 4.99 Å². The summed E-state index contributed by atoms with van der Waals surface area (Å²) in [4.78, 5) is 4.55. The first kappa shape index (κ1) is 22.1. The molecule has 0 fully saturated rings. The third kappa shape index (κ3) is 10.8. The number of nitrogens with one attached hydrogen (secondary N) is 2. The lowest BCUT2D eigenvalue weighted by Gasteiger charge is -2.11. The van der Waals surface area contributed by atoms with E-state index < -0.39 is 0 Å². The summed E-state index contributed by atoms with van der Waals surface area (Å²) >= 11 is 0. The lowest BCUT2D eigenvalue weighted by Crippen LogP contribution is -2.38. The normalized spacial score (nSPS) is 11.3. The quantitative estimate of drug-likeness (QED) is 0.298.